The first-order valence-electron chi connectivity index (χ1n) is 8.47. The van der Waals surface area contributed by atoms with E-state index in [9.17, 15) is 9.90 Å². The molecule has 0 saturated heterocycles. The summed E-state index contributed by atoms with van der Waals surface area (Å²) in [5.74, 6) is 0.471. The van der Waals surface area contributed by atoms with Gasteiger partial charge in [0.1, 0.15) is 18.4 Å². The van der Waals surface area contributed by atoms with Gasteiger partial charge in [0, 0.05) is 16.8 Å². The summed E-state index contributed by atoms with van der Waals surface area (Å²) >= 11 is 6.22. The standard InChI is InChI=1S/C20H17ClN4O3/c1-11-16(8-7-15(9-22)17(11)21)23-18(12(2)27)20-25-24-19(28-20)14-5-3-13(10-26)4-6-14/h3-8,10,12,18,23,27H,1-2H3/t12-,18+/m0/s1. The lowest BCUT2D eigenvalue weighted by Crippen LogP contribution is -2.23. The highest BCUT2D eigenvalue weighted by molar-refractivity contribution is 6.32. The van der Waals surface area contributed by atoms with Crippen molar-refractivity contribution < 1.29 is 14.3 Å². The molecule has 0 fully saturated rings. The molecule has 0 aliphatic heterocycles. The van der Waals surface area contributed by atoms with Gasteiger partial charge in [-0.15, -0.1) is 10.2 Å². The molecule has 3 rings (SSSR count). The van der Waals surface area contributed by atoms with Crippen molar-refractivity contribution in [2.45, 2.75) is 26.0 Å². The number of nitrogens with zero attached hydrogens (tertiary/aromatic N) is 3. The van der Waals surface area contributed by atoms with E-state index in [-0.39, 0.29) is 11.8 Å². The number of hydrogen-bond donors (Lipinski definition) is 2. The van der Waals surface area contributed by atoms with Gasteiger partial charge >= 0.3 is 0 Å². The molecular weight excluding hydrogens is 380 g/mol. The molecule has 0 amide bonds. The van der Waals surface area contributed by atoms with Gasteiger partial charge in [-0.05, 0) is 43.7 Å². The van der Waals surface area contributed by atoms with Crippen LogP contribution >= 0.6 is 11.6 Å². The molecule has 2 N–H and O–H groups in total. The summed E-state index contributed by atoms with van der Waals surface area (Å²) in [6.45, 7) is 3.37. The lowest BCUT2D eigenvalue weighted by atomic mass is 10.1. The zero-order chi connectivity index (χ0) is 20.3. The third-order valence-corrected chi connectivity index (χ3v) is 4.79. The molecule has 2 aromatic carbocycles. The van der Waals surface area contributed by atoms with Gasteiger partial charge in [0.25, 0.3) is 0 Å². The van der Waals surface area contributed by atoms with Crippen molar-refractivity contribution in [3.05, 3.63) is 64.0 Å². The summed E-state index contributed by atoms with van der Waals surface area (Å²) in [4.78, 5) is 10.8. The van der Waals surface area contributed by atoms with Gasteiger partial charge in [0.15, 0.2) is 0 Å². The van der Waals surface area contributed by atoms with E-state index in [1.165, 1.54) is 0 Å². The van der Waals surface area contributed by atoms with Crippen molar-refractivity contribution in [1.29, 1.82) is 5.26 Å². The average molecular weight is 397 g/mol. The Bertz CT molecular complexity index is 1040. The quantitative estimate of drug-likeness (QED) is 0.607. The minimum absolute atomic E-state index is 0.198. The SMILES string of the molecule is Cc1c(N[C@@H](c2nnc(-c3ccc(C=O)cc3)o2)[C@H](C)O)ccc(C#N)c1Cl. The minimum atomic E-state index is -0.848. The molecule has 2 atom stereocenters. The highest BCUT2D eigenvalue weighted by Crippen LogP contribution is 2.31. The van der Waals surface area contributed by atoms with Crippen LogP contribution in [-0.4, -0.2) is 27.7 Å². The first-order chi connectivity index (χ1) is 13.4. The van der Waals surface area contributed by atoms with Crippen molar-refractivity contribution in [2.75, 3.05) is 5.32 Å². The van der Waals surface area contributed by atoms with Crippen LogP contribution in [0.2, 0.25) is 5.02 Å². The molecule has 8 heteroatoms. The second kappa shape index (κ2) is 8.21. The van der Waals surface area contributed by atoms with E-state index < -0.39 is 12.1 Å². The van der Waals surface area contributed by atoms with E-state index in [1.807, 2.05) is 6.07 Å². The number of aromatic nitrogens is 2. The van der Waals surface area contributed by atoms with Crippen LogP contribution in [0.4, 0.5) is 5.69 Å². The van der Waals surface area contributed by atoms with Crippen LogP contribution in [0.1, 0.15) is 40.3 Å². The maximum Gasteiger partial charge on any atom is 0.247 e. The molecule has 0 spiro atoms. The summed E-state index contributed by atoms with van der Waals surface area (Å²) in [5.41, 5.74) is 2.89. The fourth-order valence-electron chi connectivity index (χ4n) is 2.67. The van der Waals surface area contributed by atoms with Crippen molar-refractivity contribution in [2.24, 2.45) is 0 Å². The van der Waals surface area contributed by atoms with Gasteiger partial charge in [0.05, 0.1) is 16.7 Å². The van der Waals surface area contributed by atoms with E-state index in [0.29, 0.717) is 33.0 Å². The number of rotatable bonds is 6. The maximum atomic E-state index is 10.8. The Kier molecular flexibility index (Phi) is 5.73. The largest absolute Gasteiger partial charge is 0.418 e. The van der Waals surface area contributed by atoms with Gasteiger partial charge in [-0.25, -0.2) is 0 Å². The molecule has 0 bridgehead atoms. The average Bonchev–Trinajstić information content (AvgIpc) is 3.18. The predicted molar refractivity (Wildman–Crippen MR) is 104 cm³/mol. The molecule has 142 valence electrons. The smallest absolute Gasteiger partial charge is 0.247 e. The summed E-state index contributed by atoms with van der Waals surface area (Å²) in [6, 6.07) is 11.4. The number of hydrogen-bond acceptors (Lipinski definition) is 7. The Morgan fingerprint density at radius 1 is 1.25 bits per heavy atom. The Morgan fingerprint density at radius 3 is 2.57 bits per heavy atom. The third kappa shape index (κ3) is 3.88. The Balaban J connectivity index is 1.89. The molecule has 7 nitrogen and oxygen atoms in total. The topological polar surface area (TPSA) is 112 Å². The number of nitriles is 1. The first kappa shape index (κ1) is 19.5. The summed E-state index contributed by atoms with van der Waals surface area (Å²) in [7, 11) is 0. The molecule has 1 aromatic heterocycles. The van der Waals surface area contributed by atoms with Gasteiger partial charge < -0.3 is 14.8 Å². The van der Waals surface area contributed by atoms with Crippen molar-refractivity contribution in [3.63, 3.8) is 0 Å². The molecule has 0 saturated carbocycles. The van der Waals surface area contributed by atoms with Crippen molar-refractivity contribution in [3.8, 4) is 17.5 Å². The van der Waals surface area contributed by atoms with Crippen LogP contribution in [0.3, 0.4) is 0 Å². The Morgan fingerprint density at radius 2 is 1.96 bits per heavy atom. The highest BCUT2D eigenvalue weighted by Gasteiger charge is 2.25. The maximum absolute atomic E-state index is 10.8. The number of nitrogens with one attached hydrogen (secondary N) is 1. The van der Waals surface area contributed by atoms with Crippen molar-refractivity contribution >= 4 is 23.6 Å². The molecule has 0 radical (unpaired) electrons. The van der Waals surface area contributed by atoms with Crippen LogP contribution in [0, 0.1) is 18.3 Å². The number of aliphatic hydroxyl groups is 1. The molecule has 0 aliphatic rings. The monoisotopic (exact) mass is 396 g/mol. The number of carbonyl (C=O) groups is 1. The second-order valence-electron chi connectivity index (χ2n) is 6.26. The van der Waals surface area contributed by atoms with Crippen LogP contribution in [0.5, 0.6) is 0 Å². The summed E-state index contributed by atoms with van der Waals surface area (Å²) in [6.07, 6.45) is -0.0962. The molecule has 0 aliphatic carbocycles. The normalized spacial score (nSPS) is 12.8. The predicted octanol–water partition coefficient (Wildman–Crippen LogP) is 3.92. The molecule has 3 aromatic rings. The van der Waals surface area contributed by atoms with Crippen LogP contribution in [0.15, 0.2) is 40.8 Å². The van der Waals surface area contributed by atoms with E-state index >= 15 is 0 Å². The second-order valence-corrected chi connectivity index (χ2v) is 6.64. The fourth-order valence-corrected chi connectivity index (χ4v) is 2.87. The number of aldehydes is 1. The summed E-state index contributed by atoms with van der Waals surface area (Å²) in [5, 5.41) is 30.9. The van der Waals surface area contributed by atoms with E-state index in [4.69, 9.17) is 21.3 Å². The minimum Gasteiger partial charge on any atom is -0.418 e. The zero-order valence-electron chi connectivity index (χ0n) is 15.2. The van der Waals surface area contributed by atoms with Gasteiger partial charge in [0.2, 0.25) is 11.8 Å². The van der Waals surface area contributed by atoms with Gasteiger partial charge in [-0.3, -0.25) is 4.79 Å². The van der Waals surface area contributed by atoms with E-state index in [2.05, 4.69) is 15.5 Å². The van der Waals surface area contributed by atoms with E-state index in [0.717, 1.165) is 6.29 Å². The number of anilines is 1. The van der Waals surface area contributed by atoms with Crippen LogP contribution in [0.25, 0.3) is 11.5 Å². The van der Waals surface area contributed by atoms with Gasteiger partial charge in [-0.1, -0.05) is 23.7 Å². The molecule has 0 unspecified atom stereocenters. The van der Waals surface area contributed by atoms with E-state index in [1.54, 1.807) is 50.2 Å². The Labute approximate surface area is 166 Å². The highest BCUT2D eigenvalue weighted by atomic mass is 35.5. The van der Waals surface area contributed by atoms with Crippen molar-refractivity contribution in [1.82, 2.24) is 10.2 Å². The number of carbonyl (C=O) groups excluding carboxylic acids is 1. The number of halogens is 1. The lowest BCUT2D eigenvalue weighted by Gasteiger charge is -2.21. The molecule has 1 heterocycles. The lowest BCUT2D eigenvalue weighted by molar-refractivity contribution is 0.112. The Hall–Kier alpha value is -3.21. The first-order valence-corrected chi connectivity index (χ1v) is 8.85. The molecule has 28 heavy (non-hydrogen) atoms. The zero-order valence-corrected chi connectivity index (χ0v) is 15.9. The number of benzene rings is 2. The van der Waals surface area contributed by atoms with Crippen LogP contribution in [-0.2, 0) is 0 Å². The summed E-state index contributed by atoms with van der Waals surface area (Å²) < 4.78 is 5.74. The van der Waals surface area contributed by atoms with Gasteiger partial charge in [-0.2, -0.15) is 5.26 Å². The third-order valence-electron chi connectivity index (χ3n) is 4.30. The fraction of sp³-hybridized carbons (Fsp3) is 0.200. The van der Waals surface area contributed by atoms with Crippen LogP contribution < -0.4 is 5.32 Å². The number of aliphatic hydroxyl groups excluding tert-OH is 1. The molecular formula is C20H17ClN4O3.